The highest BCUT2D eigenvalue weighted by atomic mass is 31.2. The van der Waals surface area contributed by atoms with Crippen LogP contribution in [0.25, 0.3) is 0 Å². The van der Waals surface area contributed by atoms with E-state index in [0.29, 0.717) is 13.1 Å². The normalized spacial score (nSPS) is 19.5. The van der Waals surface area contributed by atoms with Gasteiger partial charge in [0, 0.05) is 18.7 Å². The highest BCUT2D eigenvalue weighted by molar-refractivity contribution is 7.63. The van der Waals surface area contributed by atoms with Crippen molar-refractivity contribution < 1.29 is 14.1 Å². The number of ether oxygens (including phenoxy) is 1. The van der Waals surface area contributed by atoms with Crippen LogP contribution in [-0.4, -0.2) is 50.2 Å². The predicted octanol–water partition coefficient (Wildman–Crippen LogP) is 1.84. The minimum atomic E-state index is -1.99. The molecular formula is C9H18NO3P. The van der Waals surface area contributed by atoms with Gasteiger partial charge in [-0.25, -0.2) is 4.79 Å². The summed E-state index contributed by atoms with van der Waals surface area (Å²) in [6.45, 7) is 4.99. The Morgan fingerprint density at radius 2 is 1.86 bits per heavy atom. The van der Waals surface area contributed by atoms with E-state index in [1.807, 2.05) is 13.3 Å². The number of piperidine rings is 1. The molecule has 1 saturated heterocycles. The zero-order chi connectivity index (χ0) is 10.8. The molecule has 0 N–H and O–H groups in total. The van der Waals surface area contributed by atoms with Crippen LogP contribution in [0.1, 0.15) is 12.8 Å². The van der Waals surface area contributed by atoms with Crippen molar-refractivity contribution in [2.24, 2.45) is 0 Å². The van der Waals surface area contributed by atoms with Crippen LogP contribution in [0.15, 0.2) is 0 Å². The molecule has 0 aromatic rings. The van der Waals surface area contributed by atoms with Crippen molar-refractivity contribution in [1.29, 1.82) is 0 Å². The highest BCUT2D eigenvalue weighted by Gasteiger charge is 2.29. The van der Waals surface area contributed by atoms with E-state index in [2.05, 4.69) is 4.74 Å². The molecule has 0 atom stereocenters. The predicted molar refractivity (Wildman–Crippen MR) is 56.5 cm³/mol. The third-order valence-corrected chi connectivity index (χ3v) is 5.05. The minimum Gasteiger partial charge on any atom is -0.453 e. The Bertz CT molecular complexity index is 253. The van der Waals surface area contributed by atoms with Gasteiger partial charge in [-0.05, 0) is 26.2 Å². The van der Waals surface area contributed by atoms with Gasteiger partial charge < -0.3 is 14.2 Å². The molecule has 1 fully saturated rings. The summed E-state index contributed by atoms with van der Waals surface area (Å²) < 4.78 is 16.4. The number of hydrogen-bond acceptors (Lipinski definition) is 3. The maximum Gasteiger partial charge on any atom is 0.409 e. The largest absolute Gasteiger partial charge is 0.453 e. The summed E-state index contributed by atoms with van der Waals surface area (Å²) in [4.78, 5) is 12.8. The summed E-state index contributed by atoms with van der Waals surface area (Å²) in [6.07, 6.45) is 1.39. The van der Waals surface area contributed by atoms with Crippen molar-refractivity contribution in [3.05, 3.63) is 0 Å². The lowest BCUT2D eigenvalue weighted by atomic mass is 10.1. The first-order chi connectivity index (χ1) is 6.45. The summed E-state index contributed by atoms with van der Waals surface area (Å²) >= 11 is 0. The lowest BCUT2D eigenvalue weighted by Crippen LogP contribution is -2.39. The standard InChI is InChI=1S/C9H18NO3P/c1-13-9(11)10-6-4-8(5-7-10)14(2,3)12/h8H,4-7H2,1-3H3. The molecule has 0 unspecified atom stereocenters. The molecule has 1 heterocycles. The summed E-state index contributed by atoms with van der Waals surface area (Å²) in [5.41, 5.74) is 0.281. The smallest absolute Gasteiger partial charge is 0.409 e. The van der Waals surface area contributed by atoms with Crippen LogP contribution in [0.4, 0.5) is 4.79 Å². The van der Waals surface area contributed by atoms with Gasteiger partial charge in [-0.2, -0.15) is 0 Å². The fourth-order valence-electron chi connectivity index (χ4n) is 1.80. The van der Waals surface area contributed by atoms with Gasteiger partial charge in [-0.15, -0.1) is 0 Å². The zero-order valence-electron chi connectivity index (χ0n) is 9.02. The van der Waals surface area contributed by atoms with Gasteiger partial charge in [0.15, 0.2) is 0 Å². The molecule has 0 aromatic carbocycles. The maximum atomic E-state index is 11.8. The van der Waals surface area contributed by atoms with Gasteiger partial charge in [0.1, 0.15) is 0 Å². The summed E-state index contributed by atoms with van der Waals surface area (Å²) in [7, 11) is -0.597. The maximum absolute atomic E-state index is 11.8. The molecule has 1 aliphatic rings. The van der Waals surface area contributed by atoms with Gasteiger partial charge in [0.05, 0.1) is 14.3 Å². The molecule has 1 amide bonds. The Labute approximate surface area is 85.0 Å². The second kappa shape index (κ2) is 4.35. The monoisotopic (exact) mass is 219 g/mol. The van der Waals surface area contributed by atoms with Gasteiger partial charge in [-0.1, -0.05) is 0 Å². The molecule has 0 saturated carbocycles. The minimum absolute atomic E-state index is 0.273. The van der Waals surface area contributed by atoms with Crippen molar-refractivity contribution in [1.82, 2.24) is 4.90 Å². The van der Waals surface area contributed by atoms with Crippen molar-refractivity contribution in [2.75, 3.05) is 33.5 Å². The lowest BCUT2D eigenvalue weighted by molar-refractivity contribution is 0.115. The van der Waals surface area contributed by atoms with E-state index in [-0.39, 0.29) is 11.8 Å². The Morgan fingerprint density at radius 1 is 1.36 bits per heavy atom. The van der Waals surface area contributed by atoms with Gasteiger partial charge >= 0.3 is 6.09 Å². The van der Waals surface area contributed by atoms with Crippen LogP contribution in [0.2, 0.25) is 0 Å². The first kappa shape index (κ1) is 11.6. The van der Waals surface area contributed by atoms with E-state index in [9.17, 15) is 9.36 Å². The van der Waals surface area contributed by atoms with Crippen molar-refractivity contribution in [3.63, 3.8) is 0 Å². The quantitative estimate of drug-likeness (QED) is 0.632. The number of hydrogen-bond donors (Lipinski definition) is 0. The molecule has 0 bridgehead atoms. The van der Waals surface area contributed by atoms with Crippen LogP contribution in [0, 0.1) is 0 Å². The average molecular weight is 219 g/mol. The molecule has 82 valence electrons. The number of amides is 1. The Kier molecular flexibility index (Phi) is 3.59. The van der Waals surface area contributed by atoms with Gasteiger partial charge in [0.25, 0.3) is 0 Å². The molecule has 1 aliphatic heterocycles. The van der Waals surface area contributed by atoms with E-state index < -0.39 is 7.14 Å². The molecule has 14 heavy (non-hydrogen) atoms. The van der Waals surface area contributed by atoms with Gasteiger partial charge in [0.2, 0.25) is 0 Å². The van der Waals surface area contributed by atoms with E-state index in [0.717, 1.165) is 12.8 Å². The topological polar surface area (TPSA) is 46.6 Å². The van der Waals surface area contributed by atoms with E-state index in [1.54, 1.807) is 4.90 Å². The van der Waals surface area contributed by atoms with E-state index in [1.165, 1.54) is 7.11 Å². The number of methoxy groups -OCH3 is 1. The summed E-state index contributed by atoms with van der Waals surface area (Å²) in [5.74, 6) is 0. The number of nitrogens with zero attached hydrogens (tertiary/aromatic N) is 1. The molecular weight excluding hydrogens is 201 g/mol. The molecule has 0 aromatic heterocycles. The summed E-state index contributed by atoms with van der Waals surface area (Å²) in [5, 5.41) is 0. The third kappa shape index (κ3) is 2.74. The first-order valence-electron chi connectivity index (χ1n) is 4.82. The van der Waals surface area contributed by atoms with E-state index in [4.69, 9.17) is 0 Å². The molecule has 4 nitrogen and oxygen atoms in total. The van der Waals surface area contributed by atoms with Crippen molar-refractivity contribution in [2.45, 2.75) is 18.5 Å². The number of carbonyl (C=O) groups is 1. The van der Waals surface area contributed by atoms with E-state index >= 15 is 0 Å². The number of rotatable bonds is 1. The van der Waals surface area contributed by atoms with Crippen molar-refractivity contribution >= 4 is 13.2 Å². The van der Waals surface area contributed by atoms with Crippen LogP contribution in [0.5, 0.6) is 0 Å². The second-order valence-corrected chi connectivity index (χ2v) is 7.72. The average Bonchev–Trinajstić information content (AvgIpc) is 2.15. The van der Waals surface area contributed by atoms with Crippen LogP contribution < -0.4 is 0 Å². The highest BCUT2D eigenvalue weighted by Crippen LogP contribution is 2.47. The number of carbonyl (C=O) groups excluding carboxylic acids is 1. The Morgan fingerprint density at radius 3 is 2.21 bits per heavy atom. The Balaban J connectivity index is 2.47. The molecule has 0 aliphatic carbocycles. The fraction of sp³-hybridized carbons (Fsp3) is 0.889. The third-order valence-electron chi connectivity index (χ3n) is 2.78. The van der Waals surface area contributed by atoms with Gasteiger partial charge in [-0.3, -0.25) is 0 Å². The molecule has 5 heteroatoms. The van der Waals surface area contributed by atoms with Crippen LogP contribution >= 0.6 is 7.14 Å². The van der Waals surface area contributed by atoms with Crippen LogP contribution in [-0.2, 0) is 9.30 Å². The molecule has 1 rings (SSSR count). The van der Waals surface area contributed by atoms with Crippen LogP contribution in [0.3, 0.4) is 0 Å². The molecule has 0 radical (unpaired) electrons. The van der Waals surface area contributed by atoms with Crippen molar-refractivity contribution in [3.8, 4) is 0 Å². The summed E-state index contributed by atoms with van der Waals surface area (Å²) in [6, 6.07) is 0. The fourth-order valence-corrected chi connectivity index (χ4v) is 3.27. The molecule has 0 spiro atoms. The second-order valence-electron chi connectivity index (χ2n) is 4.12. The number of likely N-dealkylation sites (tertiary alicyclic amines) is 1. The first-order valence-corrected chi connectivity index (χ1v) is 7.49. The SMILES string of the molecule is COC(=O)N1CCC(P(C)(C)=O)CC1. The Hall–Kier alpha value is -0.500. The zero-order valence-corrected chi connectivity index (χ0v) is 9.92. The lowest BCUT2D eigenvalue weighted by Gasteiger charge is -2.32.